The first-order valence-electron chi connectivity index (χ1n) is 8.61. The van der Waals surface area contributed by atoms with Gasteiger partial charge in [0.2, 0.25) is 5.91 Å². The monoisotopic (exact) mass is 336 g/mol. The van der Waals surface area contributed by atoms with Crippen molar-refractivity contribution in [3.63, 3.8) is 0 Å². The summed E-state index contributed by atoms with van der Waals surface area (Å²) in [4.78, 5) is 16.6. The number of piperidine rings is 2. The Morgan fingerprint density at radius 2 is 1.92 bits per heavy atom. The van der Waals surface area contributed by atoms with Gasteiger partial charge in [-0.05, 0) is 25.6 Å². The fraction of sp³-hybridized carbons (Fsp3) is 0.611. The Morgan fingerprint density at radius 3 is 2.62 bits per heavy atom. The molecule has 2 aliphatic rings. The number of aliphatic hydroxyl groups excluding tert-OH is 1. The Kier molecular flexibility index (Phi) is 5.36. The minimum Gasteiger partial charge on any atom is -0.487 e. The Labute approximate surface area is 142 Å². The summed E-state index contributed by atoms with van der Waals surface area (Å²) < 4.78 is 19.4. The number of hydrogen-bond donors (Lipinski definition) is 1. The van der Waals surface area contributed by atoms with Crippen molar-refractivity contribution in [1.82, 2.24) is 9.80 Å². The van der Waals surface area contributed by atoms with Gasteiger partial charge < -0.3 is 19.6 Å². The highest BCUT2D eigenvalue weighted by atomic mass is 19.1. The van der Waals surface area contributed by atoms with Crippen LogP contribution in [-0.4, -0.2) is 66.2 Å². The molecule has 5 nitrogen and oxygen atoms in total. The highest BCUT2D eigenvalue weighted by Crippen LogP contribution is 2.24. The summed E-state index contributed by atoms with van der Waals surface area (Å²) in [5.41, 5.74) is 0. The van der Waals surface area contributed by atoms with E-state index in [1.807, 2.05) is 11.9 Å². The number of aliphatic hydroxyl groups is 1. The molecule has 6 heteroatoms. The van der Waals surface area contributed by atoms with Crippen LogP contribution in [0.3, 0.4) is 0 Å². The van der Waals surface area contributed by atoms with E-state index in [-0.39, 0.29) is 29.5 Å². The number of rotatable bonds is 3. The number of likely N-dealkylation sites (tertiary alicyclic amines) is 2. The standard InChI is InChI=1S/C18H25FN2O3/c1-20-9-8-16(22)14(12-20)18(23)21-10-6-13(7-11-21)24-17-5-3-2-4-15(17)19/h2-5,13-14,16,22H,6-12H2,1H3/t14-,16-/m1/s1. The Bertz CT molecular complexity index is 575. The summed E-state index contributed by atoms with van der Waals surface area (Å²) >= 11 is 0. The molecule has 2 fully saturated rings. The van der Waals surface area contributed by atoms with Crippen molar-refractivity contribution in [2.24, 2.45) is 5.92 Å². The van der Waals surface area contributed by atoms with E-state index in [1.165, 1.54) is 6.07 Å². The predicted octanol–water partition coefficient (Wildman–Crippen LogP) is 1.51. The minimum absolute atomic E-state index is 0.0263. The fourth-order valence-corrected chi connectivity index (χ4v) is 3.49. The Hall–Kier alpha value is -1.66. The molecular formula is C18H25FN2O3. The van der Waals surface area contributed by atoms with Crippen molar-refractivity contribution < 1.29 is 19.0 Å². The maximum Gasteiger partial charge on any atom is 0.229 e. The van der Waals surface area contributed by atoms with E-state index in [2.05, 4.69) is 4.90 Å². The van der Waals surface area contributed by atoms with Crippen LogP contribution in [0.15, 0.2) is 24.3 Å². The van der Waals surface area contributed by atoms with Crippen LogP contribution in [0.2, 0.25) is 0 Å². The molecule has 1 aromatic carbocycles. The van der Waals surface area contributed by atoms with Gasteiger partial charge in [0.1, 0.15) is 6.10 Å². The summed E-state index contributed by atoms with van der Waals surface area (Å²) in [5.74, 6) is -0.401. The zero-order valence-electron chi connectivity index (χ0n) is 14.0. The second kappa shape index (κ2) is 7.49. The highest BCUT2D eigenvalue weighted by Gasteiger charge is 2.36. The number of nitrogens with zero attached hydrogens (tertiary/aromatic N) is 2. The van der Waals surface area contributed by atoms with Crippen molar-refractivity contribution in [3.8, 4) is 5.75 Å². The number of benzene rings is 1. The lowest BCUT2D eigenvalue weighted by molar-refractivity contribution is -0.144. The lowest BCUT2D eigenvalue weighted by Gasteiger charge is -2.38. The van der Waals surface area contributed by atoms with Crippen LogP contribution < -0.4 is 4.74 Å². The van der Waals surface area contributed by atoms with Crippen LogP contribution in [-0.2, 0) is 4.79 Å². The van der Waals surface area contributed by atoms with Gasteiger partial charge >= 0.3 is 0 Å². The van der Waals surface area contributed by atoms with Gasteiger partial charge in [-0.3, -0.25) is 4.79 Å². The van der Waals surface area contributed by atoms with Crippen LogP contribution in [0.4, 0.5) is 4.39 Å². The first kappa shape index (κ1) is 17.2. The second-order valence-corrected chi connectivity index (χ2v) is 6.80. The van der Waals surface area contributed by atoms with Gasteiger partial charge in [-0.2, -0.15) is 0 Å². The van der Waals surface area contributed by atoms with Crippen molar-refractivity contribution >= 4 is 5.91 Å². The maximum absolute atomic E-state index is 13.7. The number of ether oxygens (including phenoxy) is 1. The third kappa shape index (κ3) is 3.87. The van der Waals surface area contributed by atoms with E-state index < -0.39 is 6.10 Å². The van der Waals surface area contributed by atoms with Gasteiger partial charge in [0, 0.05) is 39.0 Å². The third-order valence-corrected chi connectivity index (χ3v) is 4.98. The number of carbonyl (C=O) groups excluding carboxylic acids is 1. The molecule has 1 N–H and O–H groups in total. The first-order chi connectivity index (χ1) is 11.5. The molecule has 2 heterocycles. The maximum atomic E-state index is 13.7. The molecule has 2 aliphatic heterocycles. The normalized spacial score (nSPS) is 26.4. The molecular weight excluding hydrogens is 311 g/mol. The van der Waals surface area contributed by atoms with Crippen molar-refractivity contribution in [2.45, 2.75) is 31.5 Å². The van der Waals surface area contributed by atoms with Crippen LogP contribution in [0, 0.1) is 11.7 Å². The fourth-order valence-electron chi connectivity index (χ4n) is 3.49. The molecule has 0 unspecified atom stereocenters. The van der Waals surface area contributed by atoms with Crippen LogP contribution in [0.1, 0.15) is 19.3 Å². The highest BCUT2D eigenvalue weighted by molar-refractivity contribution is 5.80. The predicted molar refractivity (Wildman–Crippen MR) is 88.2 cm³/mol. The average Bonchev–Trinajstić information content (AvgIpc) is 2.59. The van der Waals surface area contributed by atoms with E-state index in [4.69, 9.17) is 4.74 Å². The SMILES string of the molecule is CN1CC[C@@H](O)[C@H](C(=O)N2CCC(Oc3ccccc3F)CC2)C1. The first-order valence-corrected chi connectivity index (χ1v) is 8.61. The van der Waals surface area contributed by atoms with Crippen LogP contribution in [0.25, 0.3) is 0 Å². The molecule has 0 aliphatic carbocycles. The van der Waals surface area contributed by atoms with Crippen molar-refractivity contribution in [1.29, 1.82) is 0 Å². The van der Waals surface area contributed by atoms with Gasteiger partial charge in [0.05, 0.1) is 12.0 Å². The van der Waals surface area contributed by atoms with E-state index in [1.54, 1.807) is 18.2 Å². The van der Waals surface area contributed by atoms with Crippen molar-refractivity contribution in [2.75, 3.05) is 33.2 Å². The molecule has 1 aromatic rings. The minimum atomic E-state index is -0.555. The average molecular weight is 336 g/mol. The molecule has 132 valence electrons. The molecule has 0 aromatic heterocycles. The van der Waals surface area contributed by atoms with Gasteiger partial charge in [-0.15, -0.1) is 0 Å². The number of carbonyl (C=O) groups is 1. The smallest absolute Gasteiger partial charge is 0.229 e. The van der Waals surface area contributed by atoms with Crippen molar-refractivity contribution in [3.05, 3.63) is 30.1 Å². The summed E-state index contributed by atoms with van der Waals surface area (Å²) in [6.07, 6.45) is 1.36. The Balaban J connectivity index is 1.53. The lowest BCUT2D eigenvalue weighted by Crippen LogP contribution is -2.52. The zero-order chi connectivity index (χ0) is 17.1. The lowest BCUT2D eigenvalue weighted by atomic mass is 9.92. The van der Waals surface area contributed by atoms with Crippen LogP contribution in [0.5, 0.6) is 5.75 Å². The molecule has 0 bridgehead atoms. The summed E-state index contributed by atoms with van der Waals surface area (Å²) in [6, 6.07) is 6.39. The van der Waals surface area contributed by atoms with Crippen LogP contribution >= 0.6 is 0 Å². The van der Waals surface area contributed by atoms with Gasteiger partial charge in [-0.1, -0.05) is 12.1 Å². The zero-order valence-corrected chi connectivity index (χ0v) is 14.0. The molecule has 1 amide bonds. The number of para-hydroxylation sites is 1. The van der Waals surface area contributed by atoms with E-state index in [9.17, 15) is 14.3 Å². The molecule has 0 radical (unpaired) electrons. The van der Waals surface area contributed by atoms with E-state index in [0.717, 1.165) is 6.54 Å². The van der Waals surface area contributed by atoms with Gasteiger partial charge in [-0.25, -0.2) is 4.39 Å². The molecule has 2 saturated heterocycles. The summed E-state index contributed by atoms with van der Waals surface area (Å²) in [7, 11) is 1.97. The number of amides is 1. The molecule has 0 saturated carbocycles. The van der Waals surface area contributed by atoms with E-state index >= 15 is 0 Å². The molecule has 24 heavy (non-hydrogen) atoms. The Morgan fingerprint density at radius 1 is 1.21 bits per heavy atom. The second-order valence-electron chi connectivity index (χ2n) is 6.80. The summed E-state index contributed by atoms with van der Waals surface area (Å²) in [6.45, 7) is 2.60. The molecule has 2 atom stereocenters. The molecule has 3 rings (SSSR count). The van der Waals surface area contributed by atoms with Gasteiger partial charge in [0.15, 0.2) is 11.6 Å². The number of hydrogen-bond acceptors (Lipinski definition) is 4. The van der Waals surface area contributed by atoms with E-state index in [0.29, 0.717) is 38.9 Å². The largest absolute Gasteiger partial charge is 0.487 e. The quantitative estimate of drug-likeness (QED) is 0.909. The number of halogens is 1. The van der Waals surface area contributed by atoms with Gasteiger partial charge in [0.25, 0.3) is 0 Å². The summed E-state index contributed by atoms with van der Waals surface area (Å²) in [5, 5.41) is 10.1. The topological polar surface area (TPSA) is 53.0 Å². The molecule has 0 spiro atoms. The third-order valence-electron chi connectivity index (χ3n) is 4.98.